The van der Waals surface area contributed by atoms with Gasteiger partial charge in [-0.2, -0.15) is 0 Å². The van der Waals surface area contributed by atoms with E-state index >= 15 is 0 Å². The van der Waals surface area contributed by atoms with Crippen molar-refractivity contribution in [2.24, 2.45) is 17.1 Å². The Morgan fingerprint density at radius 3 is 2.26 bits per heavy atom. The SMILES string of the molecule is CCOC(=O)CNC(=O)NC(C(=O)N1CCCC1C(=O)NC(CC1CC1)C(=O)C(N)=O)C(C)(C)C. The predicted octanol–water partition coefficient (Wildman–Crippen LogP) is -0.406. The molecule has 1 saturated heterocycles. The molecule has 0 radical (unpaired) electrons. The van der Waals surface area contributed by atoms with E-state index in [9.17, 15) is 28.8 Å². The topological polar surface area (TPSA) is 177 Å². The lowest BCUT2D eigenvalue weighted by molar-refractivity contribution is -0.143. The summed E-state index contributed by atoms with van der Waals surface area (Å²) in [4.78, 5) is 75.5. The van der Waals surface area contributed by atoms with Gasteiger partial charge in [-0.25, -0.2) is 4.79 Å². The van der Waals surface area contributed by atoms with Crippen molar-refractivity contribution in [2.75, 3.05) is 19.7 Å². The van der Waals surface area contributed by atoms with Crippen LogP contribution >= 0.6 is 0 Å². The summed E-state index contributed by atoms with van der Waals surface area (Å²) in [5, 5.41) is 7.59. The van der Waals surface area contributed by atoms with Gasteiger partial charge in [0.25, 0.3) is 5.91 Å². The van der Waals surface area contributed by atoms with Crippen LogP contribution < -0.4 is 21.7 Å². The third-order valence-electron chi connectivity index (χ3n) is 6.07. The van der Waals surface area contributed by atoms with Crippen LogP contribution in [0.1, 0.15) is 59.8 Å². The number of likely N-dealkylation sites (tertiary alicyclic amines) is 1. The zero-order valence-electron chi connectivity index (χ0n) is 20.8. The van der Waals surface area contributed by atoms with Crippen molar-refractivity contribution < 1.29 is 33.5 Å². The first kappa shape index (κ1) is 28.1. The first-order valence-corrected chi connectivity index (χ1v) is 12.0. The summed E-state index contributed by atoms with van der Waals surface area (Å²) in [5.74, 6) is -3.30. The number of hydrogen-bond donors (Lipinski definition) is 4. The van der Waals surface area contributed by atoms with E-state index in [1.165, 1.54) is 4.90 Å². The highest BCUT2D eigenvalue weighted by Crippen LogP contribution is 2.34. The minimum atomic E-state index is -1.11. The third kappa shape index (κ3) is 8.22. The number of esters is 1. The average Bonchev–Trinajstić information content (AvgIpc) is 3.45. The van der Waals surface area contributed by atoms with E-state index in [4.69, 9.17) is 10.5 Å². The first-order chi connectivity index (χ1) is 16.3. The summed E-state index contributed by atoms with van der Waals surface area (Å²) in [6.07, 6.45) is 3.12. The van der Waals surface area contributed by atoms with Crippen LogP contribution in [0.25, 0.3) is 0 Å². The van der Waals surface area contributed by atoms with Gasteiger partial charge in [-0.1, -0.05) is 33.6 Å². The Balaban J connectivity index is 2.09. The van der Waals surface area contributed by atoms with Gasteiger partial charge in [0.15, 0.2) is 0 Å². The number of ketones is 1. The molecule has 2 fully saturated rings. The molecule has 5 amide bonds. The van der Waals surface area contributed by atoms with Gasteiger partial charge < -0.3 is 31.3 Å². The minimum Gasteiger partial charge on any atom is -0.465 e. The summed E-state index contributed by atoms with van der Waals surface area (Å²) in [6, 6.07) is -3.58. The van der Waals surface area contributed by atoms with Gasteiger partial charge in [-0.05, 0) is 37.5 Å². The number of amides is 5. The molecule has 12 heteroatoms. The van der Waals surface area contributed by atoms with Gasteiger partial charge in [0.05, 0.1) is 12.6 Å². The molecular formula is C23H37N5O7. The van der Waals surface area contributed by atoms with Gasteiger partial charge in [0.2, 0.25) is 17.6 Å². The van der Waals surface area contributed by atoms with Crippen molar-refractivity contribution >= 4 is 35.5 Å². The van der Waals surface area contributed by atoms with Gasteiger partial charge in [0, 0.05) is 6.54 Å². The van der Waals surface area contributed by atoms with Crippen LogP contribution in [0.3, 0.4) is 0 Å². The van der Waals surface area contributed by atoms with E-state index in [1.54, 1.807) is 27.7 Å². The van der Waals surface area contributed by atoms with Crippen molar-refractivity contribution in [1.29, 1.82) is 0 Å². The van der Waals surface area contributed by atoms with Crippen LogP contribution in [-0.2, 0) is 28.7 Å². The molecular weight excluding hydrogens is 458 g/mol. The number of Topliss-reactive ketones (excluding diaryl/α,β-unsaturated/α-hetero) is 1. The van der Waals surface area contributed by atoms with E-state index in [1.807, 2.05) is 0 Å². The van der Waals surface area contributed by atoms with Crippen LogP contribution in [-0.4, -0.2) is 78.2 Å². The van der Waals surface area contributed by atoms with Crippen LogP contribution in [0.4, 0.5) is 4.79 Å². The number of nitrogens with two attached hydrogens (primary N) is 1. The number of carbonyl (C=O) groups excluding carboxylic acids is 6. The molecule has 0 spiro atoms. The highest BCUT2D eigenvalue weighted by Gasteiger charge is 2.43. The fourth-order valence-electron chi connectivity index (χ4n) is 4.02. The summed E-state index contributed by atoms with van der Waals surface area (Å²) in [5.41, 5.74) is 4.44. The Bertz CT molecular complexity index is 850. The van der Waals surface area contributed by atoms with E-state index < -0.39 is 59.0 Å². The monoisotopic (exact) mass is 495 g/mol. The number of urea groups is 1. The molecule has 0 bridgehead atoms. The maximum atomic E-state index is 13.5. The van der Waals surface area contributed by atoms with Crippen molar-refractivity contribution in [3.63, 3.8) is 0 Å². The molecule has 35 heavy (non-hydrogen) atoms. The van der Waals surface area contributed by atoms with Crippen molar-refractivity contribution in [3.8, 4) is 0 Å². The van der Waals surface area contributed by atoms with Crippen LogP contribution in [0.5, 0.6) is 0 Å². The number of rotatable bonds is 11. The number of hydrogen-bond acceptors (Lipinski definition) is 7. The highest BCUT2D eigenvalue weighted by molar-refractivity contribution is 6.37. The predicted molar refractivity (Wildman–Crippen MR) is 125 cm³/mol. The second-order valence-electron chi connectivity index (χ2n) is 10.1. The first-order valence-electron chi connectivity index (χ1n) is 12.0. The van der Waals surface area contributed by atoms with Crippen LogP contribution in [0, 0.1) is 11.3 Å². The maximum absolute atomic E-state index is 13.5. The van der Waals surface area contributed by atoms with Crippen LogP contribution in [0.15, 0.2) is 0 Å². The molecule has 1 aliphatic carbocycles. The lowest BCUT2D eigenvalue weighted by atomic mass is 9.85. The Morgan fingerprint density at radius 2 is 1.71 bits per heavy atom. The Kier molecular flexibility index (Phi) is 9.61. The average molecular weight is 496 g/mol. The number of nitrogens with zero attached hydrogens (tertiary/aromatic N) is 1. The quantitative estimate of drug-likeness (QED) is 0.222. The lowest BCUT2D eigenvalue weighted by Crippen LogP contribution is -2.60. The molecule has 0 aromatic carbocycles. The zero-order valence-corrected chi connectivity index (χ0v) is 20.8. The Morgan fingerprint density at radius 1 is 1.06 bits per heavy atom. The minimum absolute atomic E-state index is 0.177. The summed E-state index contributed by atoms with van der Waals surface area (Å²) in [7, 11) is 0. The fourth-order valence-corrected chi connectivity index (χ4v) is 4.02. The summed E-state index contributed by atoms with van der Waals surface area (Å²) in [6.45, 7) is 7.07. The molecule has 0 aromatic heterocycles. The molecule has 3 atom stereocenters. The molecule has 2 aliphatic rings. The standard InChI is InChI=1S/C23H37N5O7/c1-5-35-16(29)12-25-22(34)27-18(23(2,3)4)21(33)28-10-6-7-15(28)20(32)26-14(11-13-8-9-13)17(30)19(24)31/h13-15,18H,5-12H2,1-4H3,(H2,24,31)(H,26,32)(H2,25,27,34). The molecule has 196 valence electrons. The second-order valence-corrected chi connectivity index (χ2v) is 10.1. The molecule has 1 aliphatic heterocycles. The number of nitrogens with one attached hydrogen (secondary N) is 3. The third-order valence-corrected chi connectivity index (χ3v) is 6.07. The van der Waals surface area contributed by atoms with Crippen LogP contribution in [0.2, 0.25) is 0 Å². The molecule has 1 heterocycles. The number of ether oxygens (including phenoxy) is 1. The fraction of sp³-hybridized carbons (Fsp3) is 0.739. The van der Waals surface area contributed by atoms with E-state index in [-0.39, 0.29) is 19.1 Å². The molecule has 1 saturated carbocycles. The van der Waals surface area contributed by atoms with E-state index in [0.29, 0.717) is 25.8 Å². The van der Waals surface area contributed by atoms with Gasteiger partial charge in [-0.3, -0.25) is 24.0 Å². The van der Waals surface area contributed by atoms with Crippen molar-refractivity contribution in [1.82, 2.24) is 20.9 Å². The molecule has 0 aromatic rings. The Labute approximate surface area is 205 Å². The maximum Gasteiger partial charge on any atom is 0.325 e. The summed E-state index contributed by atoms with van der Waals surface area (Å²) < 4.78 is 4.77. The summed E-state index contributed by atoms with van der Waals surface area (Å²) >= 11 is 0. The van der Waals surface area contributed by atoms with Gasteiger partial charge in [0.1, 0.15) is 18.6 Å². The second kappa shape index (κ2) is 12.0. The van der Waals surface area contributed by atoms with Crippen molar-refractivity contribution in [2.45, 2.75) is 77.9 Å². The zero-order chi connectivity index (χ0) is 26.3. The van der Waals surface area contributed by atoms with E-state index in [0.717, 1.165) is 12.8 Å². The Hall–Kier alpha value is -3.18. The van der Waals surface area contributed by atoms with E-state index in [2.05, 4.69) is 16.0 Å². The number of primary amides is 1. The number of carbonyl (C=O) groups is 6. The van der Waals surface area contributed by atoms with Crippen molar-refractivity contribution in [3.05, 3.63) is 0 Å². The molecule has 2 rings (SSSR count). The van der Waals surface area contributed by atoms with Gasteiger partial charge >= 0.3 is 12.0 Å². The smallest absolute Gasteiger partial charge is 0.325 e. The highest BCUT2D eigenvalue weighted by atomic mass is 16.5. The van der Waals surface area contributed by atoms with Gasteiger partial charge in [-0.15, -0.1) is 0 Å². The molecule has 12 nitrogen and oxygen atoms in total. The molecule has 3 unspecified atom stereocenters. The lowest BCUT2D eigenvalue weighted by Gasteiger charge is -2.35. The molecule has 5 N–H and O–H groups in total. The largest absolute Gasteiger partial charge is 0.465 e. The normalized spacial score (nSPS) is 19.3.